The van der Waals surface area contributed by atoms with Crippen molar-refractivity contribution in [3.63, 3.8) is 0 Å². The number of para-hydroxylation sites is 6. The van der Waals surface area contributed by atoms with Crippen molar-refractivity contribution >= 4 is 0 Å². The van der Waals surface area contributed by atoms with Crippen LogP contribution < -0.4 is 28.4 Å². The normalized spacial score (nSPS) is 12.0. The van der Waals surface area contributed by atoms with Crippen LogP contribution in [0.3, 0.4) is 0 Å². The van der Waals surface area contributed by atoms with Crippen molar-refractivity contribution in [2.24, 2.45) is 0 Å². The smallest absolute Gasteiger partial charge is 0.161 e. The molecule has 0 atom stereocenters. The molecule has 0 radical (unpaired) electrons. The van der Waals surface area contributed by atoms with E-state index in [4.69, 9.17) is 28.4 Å². The predicted molar refractivity (Wildman–Crippen MR) is 164 cm³/mol. The molecule has 212 valence electrons. The van der Waals surface area contributed by atoms with Gasteiger partial charge in [-0.25, -0.2) is 0 Å². The van der Waals surface area contributed by atoms with Crippen LogP contribution in [-0.2, 0) is 13.2 Å². The Hall–Kier alpha value is -5.10. The van der Waals surface area contributed by atoms with Gasteiger partial charge in [-0.3, -0.25) is 0 Å². The van der Waals surface area contributed by atoms with Gasteiger partial charge in [0.2, 0.25) is 0 Å². The molecule has 0 saturated heterocycles. The molecule has 0 aromatic heterocycles. The van der Waals surface area contributed by atoms with Gasteiger partial charge in [0.15, 0.2) is 11.5 Å². The van der Waals surface area contributed by atoms with E-state index in [1.807, 2.05) is 97.1 Å². The van der Waals surface area contributed by atoms with E-state index in [-0.39, 0.29) is 13.2 Å². The molecule has 42 heavy (non-hydrogen) atoms. The van der Waals surface area contributed by atoms with Crippen LogP contribution in [0.15, 0.2) is 97.1 Å². The molecule has 0 aliphatic carbocycles. The van der Waals surface area contributed by atoms with Crippen LogP contribution in [0.1, 0.15) is 11.1 Å². The molecule has 1 aliphatic rings. The lowest BCUT2D eigenvalue weighted by atomic mass is 9.92. The van der Waals surface area contributed by atoms with Crippen LogP contribution in [0.5, 0.6) is 34.5 Å². The Labute approximate surface area is 246 Å². The Kier molecular flexibility index (Phi) is 7.60. The molecule has 1 heterocycles. The fourth-order valence-electron chi connectivity index (χ4n) is 5.67. The molecule has 0 amide bonds. The van der Waals surface area contributed by atoms with Gasteiger partial charge in [0.25, 0.3) is 0 Å². The van der Waals surface area contributed by atoms with Gasteiger partial charge in [-0.2, -0.15) is 0 Å². The van der Waals surface area contributed by atoms with E-state index in [0.717, 1.165) is 44.5 Å². The van der Waals surface area contributed by atoms with Gasteiger partial charge >= 0.3 is 0 Å². The number of benzene rings is 5. The second kappa shape index (κ2) is 11.8. The van der Waals surface area contributed by atoms with Crippen LogP contribution in [-0.4, -0.2) is 28.4 Å². The number of fused-ring (bicyclic) bond motifs is 12. The average molecular weight is 561 g/mol. The van der Waals surface area contributed by atoms with Gasteiger partial charge < -0.3 is 28.4 Å². The summed E-state index contributed by atoms with van der Waals surface area (Å²) in [5.41, 5.74) is 7.16. The summed E-state index contributed by atoms with van der Waals surface area (Å²) in [6.45, 7) is 0.572. The highest BCUT2D eigenvalue weighted by Crippen LogP contribution is 2.49. The molecular weight excluding hydrogens is 528 g/mol. The van der Waals surface area contributed by atoms with Crippen LogP contribution >= 0.6 is 0 Å². The minimum absolute atomic E-state index is 0.286. The predicted octanol–water partition coefficient (Wildman–Crippen LogP) is 8.19. The number of hydrogen-bond acceptors (Lipinski definition) is 6. The van der Waals surface area contributed by atoms with E-state index in [1.54, 1.807) is 28.4 Å². The molecule has 5 aromatic rings. The average Bonchev–Trinajstić information content (AvgIpc) is 3.05. The van der Waals surface area contributed by atoms with Gasteiger partial charge in [-0.1, -0.05) is 84.9 Å². The van der Waals surface area contributed by atoms with Crippen molar-refractivity contribution in [2.75, 3.05) is 28.4 Å². The summed E-state index contributed by atoms with van der Waals surface area (Å²) in [4.78, 5) is 0. The first kappa shape index (κ1) is 27.1. The van der Waals surface area contributed by atoms with E-state index in [9.17, 15) is 0 Å². The number of methoxy groups -OCH3 is 4. The topological polar surface area (TPSA) is 55.4 Å². The van der Waals surface area contributed by atoms with Crippen LogP contribution in [0, 0.1) is 0 Å². The minimum atomic E-state index is 0.286. The highest BCUT2D eigenvalue weighted by Gasteiger charge is 2.23. The van der Waals surface area contributed by atoms with E-state index in [1.165, 1.54) is 0 Å². The summed E-state index contributed by atoms with van der Waals surface area (Å²) in [5.74, 6) is 4.13. The zero-order valence-corrected chi connectivity index (χ0v) is 24.1. The number of rotatable bonds is 4. The van der Waals surface area contributed by atoms with E-state index in [0.29, 0.717) is 34.5 Å². The van der Waals surface area contributed by atoms with Crippen molar-refractivity contribution in [3.8, 4) is 67.9 Å². The van der Waals surface area contributed by atoms with Gasteiger partial charge in [0, 0.05) is 44.5 Å². The summed E-state index contributed by atoms with van der Waals surface area (Å²) in [6, 6.07) is 31.9. The van der Waals surface area contributed by atoms with Crippen LogP contribution in [0.2, 0.25) is 0 Å². The maximum absolute atomic E-state index is 6.32. The third-order valence-electron chi connectivity index (χ3n) is 7.53. The number of ether oxygens (including phenoxy) is 6. The first-order valence-corrected chi connectivity index (χ1v) is 13.7. The molecule has 6 nitrogen and oxygen atoms in total. The van der Waals surface area contributed by atoms with Crippen molar-refractivity contribution in [1.82, 2.24) is 0 Å². The minimum Gasteiger partial charge on any atom is -0.496 e. The zero-order chi connectivity index (χ0) is 29.1. The fourth-order valence-corrected chi connectivity index (χ4v) is 5.67. The highest BCUT2D eigenvalue weighted by atomic mass is 16.5. The summed E-state index contributed by atoms with van der Waals surface area (Å²) < 4.78 is 36.8. The third kappa shape index (κ3) is 4.75. The standard InChI is InChI=1S/C36H32O6/c1-37-33-23-11-7-13-25(33)27-15-9-17-29(35(27)39-3)30-18-10-16-28(36(30)40-4)26-14-8-12-24(34(26)38-2)22-42-32-20-6-5-19-31(32)41-21-23/h5-20H,21-22H2,1-4H3. The lowest BCUT2D eigenvalue weighted by Gasteiger charge is -2.22. The molecule has 0 spiro atoms. The van der Waals surface area contributed by atoms with E-state index in [2.05, 4.69) is 0 Å². The van der Waals surface area contributed by atoms with E-state index < -0.39 is 0 Å². The summed E-state index contributed by atoms with van der Waals surface area (Å²) in [7, 11) is 6.73. The molecule has 0 unspecified atom stereocenters. The monoisotopic (exact) mass is 560 g/mol. The van der Waals surface area contributed by atoms with Crippen molar-refractivity contribution in [2.45, 2.75) is 13.2 Å². The summed E-state index contributed by atoms with van der Waals surface area (Å²) in [5, 5.41) is 0. The molecule has 0 saturated carbocycles. The Morgan fingerprint density at radius 2 is 0.690 bits per heavy atom. The Balaban J connectivity index is 1.65. The molecule has 5 aromatic carbocycles. The lowest BCUT2D eigenvalue weighted by molar-refractivity contribution is 0.250. The molecule has 1 aliphatic heterocycles. The first-order valence-electron chi connectivity index (χ1n) is 13.7. The summed E-state index contributed by atoms with van der Waals surface area (Å²) >= 11 is 0. The van der Waals surface area contributed by atoms with Crippen molar-refractivity contribution in [1.29, 1.82) is 0 Å². The van der Waals surface area contributed by atoms with Crippen molar-refractivity contribution < 1.29 is 28.4 Å². The SMILES string of the molecule is COc1c2cccc1-c1cccc(c1OC)-c1cccc(c1OC)-c1cccc(c1OC)COc1ccccc1OC2. The molecule has 0 N–H and O–H groups in total. The van der Waals surface area contributed by atoms with Gasteiger partial charge in [-0.15, -0.1) is 0 Å². The van der Waals surface area contributed by atoms with Crippen LogP contribution in [0.25, 0.3) is 33.4 Å². The lowest BCUT2D eigenvalue weighted by Crippen LogP contribution is -2.04. The van der Waals surface area contributed by atoms with Crippen LogP contribution in [0.4, 0.5) is 0 Å². The van der Waals surface area contributed by atoms with Gasteiger partial charge in [0.05, 0.1) is 28.4 Å². The molecular formula is C36H32O6. The third-order valence-corrected chi connectivity index (χ3v) is 7.53. The quantitative estimate of drug-likeness (QED) is 0.221. The fraction of sp³-hybridized carbons (Fsp3) is 0.167. The van der Waals surface area contributed by atoms with Gasteiger partial charge in [-0.05, 0) is 12.1 Å². The van der Waals surface area contributed by atoms with Gasteiger partial charge in [0.1, 0.15) is 36.2 Å². The second-order valence-electron chi connectivity index (χ2n) is 9.79. The molecule has 6 heteroatoms. The Bertz CT molecular complexity index is 1610. The van der Waals surface area contributed by atoms with E-state index >= 15 is 0 Å². The number of hydrogen-bond donors (Lipinski definition) is 0. The van der Waals surface area contributed by atoms with Crippen molar-refractivity contribution in [3.05, 3.63) is 108 Å². The molecule has 6 rings (SSSR count). The largest absolute Gasteiger partial charge is 0.496 e. The maximum atomic E-state index is 6.32. The molecule has 8 bridgehead atoms. The second-order valence-corrected chi connectivity index (χ2v) is 9.79. The summed E-state index contributed by atoms with van der Waals surface area (Å²) in [6.07, 6.45) is 0. The zero-order valence-electron chi connectivity index (χ0n) is 24.1. The highest BCUT2D eigenvalue weighted by molar-refractivity contribution is 5.91. The Morgan fingerprint density at radius 3 is 1.02 bits per heavy atom. The Morgan fingerprint density at radius 1 is 0.381 bits per heavy atom. The molecule has 0 fully saturated rings. The maximum Gasteiger partial charge on any atom is 0.161 e. The first-order chi connectivity index (χ1) is 20.7.